The van der Waals surface area contributed by atoms with Gasteiger partial charge in [-0.15, -0.1) is 0 Å². The molecule has 3 nitrogen and oxygen atoms in total. The van der Waals surface area contributed by atoms with Gasteiger partial charge in [-0.2, -0.15) is 0 Å². The lowest BCUT2D eigenvalue weighted by Crippen LogP contribution is -2.41. The van der Waals surface area contributed by atoms with Crippen LogP contribution < -0.4 is 0 Å². The SMILES string of the molecule is CC(C)(C)CC(=O)N1CCOCC1. The number of hydrogen-bond donors (Lipinski definition) is 0. The molecule has 0 bridgehead atoms. The predicted molar refractivity (Wildman–Crippen MR) is 51.5 cm³/mol. The normalized spacial score (nSPS) is 18.8. The van der Waals surface area contributed by atoms with Crippen LogP contribution in [0.4, 0.5) is 0 Å². The first-order valence-electron chi connectivity index (χ1n) is 4.84. The molecule has 0 aromatic rings. The second kappa shape index (κ2) is 4.09. The van der Waals surface area contributed by atoms with Crippen LogP contribution in [0.5, 0.6) is 0 Å². The van der Waals surface area contributed by atoms with Crippen LogP contribution in [0.15, 0.2) is 0 Å². The lowest BCUT2D eigenvalue weighted by atomic mass is 9.91. The summed E-state index contributed by atoms with van der Waals surface area (Å²) in [5, 5.41) is 0. The quantitative estimate of drug-likeness (QED) is 0.616. The highest BCUT2D eigenvalue weighted by atomic mass is 16.5. The van der Waals surface area contributed by atoms with Gasteiger partial charge in [0.15, 0.2) is 0 Å². The third kappa shape index (κ3) is 3.77. The van der Waals surface area contributed by atoms with Crippen LogP contribution in [0.3, 0.4) is 0 Å². The third-order valence-electron chi connectivity index (χ3n) is 2.05. The highest BCUT2D eigenvalue weighted by Gasteiger charge is 2.22. The minimum absolute atomic E-state index is 0.0926. The molecule has 0 unspecified atom stereocenters. The Morgan fingerprint density at radius 1 is 1.31 bits per heavy atom. The van der Waals surface area contributed by atoms with Gasteiger partial charge < -0.3 is 9.64 Å². The summed E-state index contributed by atoms with van der Waals surface area (Å²) in [6, 6.07) is 0. The lowest BCUT2D eigenvalue weighted by molar-refractivity contribution is -0.137. The number of morpholine rings is 1. The minimum Gasteiger partial charge on any atom is -0.378 e. The highest BCUT2D eigenvalue weighted by Crippen LogP contribution is 2.20. The molecule has 1 amide bonds. The first-order valence-corrected chi connectivity index (χ1v) is 4.84. The molecular formula is C10H19NO2. The van der Waals surface area contributed by atoms with Crippen molar-refractivity contribution in [3.05, 3.63) is 0 Å². The van der Waals surface area contributed by atoms with Gasteiger partial charge in [-0.1, -0.05) is 20.8 Å². The topological polar surface area (TPSA) is 29.5 Å². The summed E-state index contributed by atoms with van der Waals surface area (Å²) in [7, 11) is 0. The number of carbonyl (C=O) groups excluding carboxylic acids is 1. The molecule has 0 N–H and O–H groups in total. The van der Waals surface area contributed by atoms with Gasteiger partial charge in [-0.3, -0.25) is 4.79 Å². The van der Waals surface area contributed by atoms with E-state index in [9.17, 15) is 4.79 Å². The first-order chi connectivity index (χ1) is 5.99. The number of carbonyl (C=O) groups is 1. The zero-order valence-corrected chi connectivity index (χ0v) is 8.80. The number of amides is 1. The summed E-state index contributed by atoms with van der Waals surface area (Å²) >= 11 is 0. The fraction of sp³-hybridized carbons (Fsp3) is 0.900. The smallest absolute Gasteiger partial charge is 0.223 e. The van der Waals surface area contributed by atoms with E-state index in [4.69, 9.17) is 4.74 Å². The van der Waals surface area contributed by atoms with Crippen molar-refractivity contribution in [3.8, 4) is 0 Å². The molecule has 0 aromatic carbocycles. The third-order valence-corrected chi connectivity index (χ3v) is 2.05. The zero-order valence-electron chi connectivity index (χ0n) is 8.80. The fourth-order valence-corrected chi connectivity index (χ4v) is 1.38. The molecular weight excluding hydrogens is 166 g/mol. The van der Waals surface area contributed by atoms with Crippen molar-refractivity contribution in [1.82, 2.24) is 4.90 Å². The summed E-state index contributed by atoms with van der Waals surface area (Å²) in [5.74, 6) is 0.260. The molecule has 3 heteroatoms. The monoisotopic (exact) mass is 185 g/mol. The van der Waals surface area contributed by atoms with Crippen molar-refractivity contribution in [3.63, 3.8) is 0 Å². The van der Waals surface area contributed by atoms with E-state index in [1.807, 2.05) is 4.90 Å². The molecule has 13 heavy (non-hydrogen) atoms. The fourth-order valence-electron chi connectivity index (χ4n) is 1.38. The van der Waals surface area contributed by atoms with Gasteiger partial charge in [-0.05, 0) is 5.41 Å². The van der Waals surface area contributed by atoms with Crippen LogP contribution in [-0.4, -0.2) is 37.1 Å². The lowest BCUT2D eigenvalue weighted by Gasteiger charge is -2.29. The second-order valence-electron chi connectivity index (χ2n) is 4.73. The summed E-state index contributed by atoms with van der Waals surface area (Å²) in [6.07, 6.45) is 0.632. The molecule has 0 atom stereocenters. The maximum atomic E-state index is 11.7. The van der Waals surface area contributed by atoms with Gasteiger partial charge in [0, 0.05) is 19.5 Å². The zero-order chi connectivity index (χ0) is 9.90. The van der Waals surface area contributed by atoms with Crippen molar-refractivity contribution in [2.45, 2.75) is 27.2 Å². The number of rotatable bonds is 1. The van der Waals surface area contributed by atoms with Crippen LogP contribution in [0.1, 0.15) is 27.2 Å². The Kier molecular flexibility index (Phi) is 3.31. The Morgan fingerprint density at radius 3 is 2.31 bits per heavy atom. The van der Waals surface area contributed by atoms with Gasteiger partial charge in [0.2, 0.25) is 5.91 Å². The van der Waals surface area contributed by atoms with Gasteiger partial charge in [-0.25, -0.2) is 0 Å². The van der Waals surface area contributed by atoms with Crippen LogP contribution in [-0.2, 0) is 9.53 Å². The van der Waals surface area contributed by atoms with Gasteiger partial charge >= 0.3 is 0 Å². The van der Waals surface area contributed by atoms with Crippen molar-refractivity contribution < 1.29 is 9.53 Å². The van der Waals surface area contributed by atoms with Crippen LogP contribution in [0.25, 0.3) is 0 Å². The maximum Gasteiger partial charge on any atom is 0.223 e. The summed E-state index contributed by atoms with van der Waals surface area (Å²) in [4.78, 5) is 13.6. The highest BCUT2D eigenvalue weighted by molar-refractivity contribution is 5.76. The number of ether oxygens (including phenoxy) is 1. The van der Waals surface area contributed by atoms with Gasteiger partial charge in [0.25, 0.3) is 0 Å². The molecule has 1 rings (SSSR count). The molecule has 1 aliphatic rings. The summed E-state index contributed by atoms with van der Waals surface area (Å²) in [6.45, 7) is 9.16. The molecule has 0 saturated carbocycles. The van der Waals surface area contributed by atoms with Crippen molar-refractivity contribution >= 4 is 5.91 Å². The van der Waals surface area contributed by atoms with Crippen LogP contribution in [0.2, 0.25) is 0 Å². The summed E-state index contributed by atoms with van der Waals surface area (Å²) in [5.41, 5.74) is 0.0926. The Morgan fingerprint density at radius 2 is 1.85 bits per heavy atom. The van der Waals surface area contributed by atoms with Gasteiger partial charge in [0.1, 0.15) is 0 Å². The molecule has 1 saturated heterocycles. The first kappa shape index (κ1) is 10.5. The molecule has 0 spiro atoms. The number of nitrogens with zero attached hydrogens (tertiary/aromatic N) is 1. The van der Waals surface area contributed by atoms with Crippen LogP contribution >= 0.6 is 0 Å². The largest absolute Gasteiger partial charge is 0.378 e. The molecule has 1 fully saturated rings. The molecule has 0 aliphatic carbocycles. The van der Waals surface area contributed by atoms with E-state index < -0.39 is 0 Å². The van der Waals surface area contributed by atoms with E-state index in [-0.39, 0.29) is 11.3 Å². The molecule has 0 radical (unpaired) electrons. The average molecular weight is 185 g/mol. The minimum atomic E-state index is 0.0926. The van der Waals surface area contributed by atoms with Gasteiger partial charge in [0.05, 0.1) is 13.2 Å². The number of hydrogen-bond acceptors (Lipinski definition) is 2. The van der Waals surface area contributed by atoms with E-state index in [1.54, 1.807) is 0 Å². The Balaban J connectivity index is 2.38. The molecule has 1 heterocycles. The van der Waals surface area contributed by atoms with E-state index in [0.29, 0.717) is 19.6 Å². The molecule has 76 valence electrons. The van der Waals surface area contributed by atoms with E-state index in [2.05, 4.69) is 20.8 Å². The van der Waals surface area contributed by atoms with E-state index in [1.165, 1.54) is 0 Å². The van der Waals surface area contributed by atoms with Crippen molar-refractivity contribution in [2.24, 2.45) is 5.41 Å². The summed E-state index contributed by atoms with van der Waals surface area (Å²) < 4.78 is 5.19. The van der Waals surface area contributed by atoms with Crippen LogP contribution in [0, 0.1) is 5.41 Å². The molecule has 0 aromatic heterocycles. The Hall–Kier alpha value is -0.570. The Bertz CT molecular complexity index is 178. The predicted octanol–water partition coefficient (Wildman–Crippen LogP) is 1.28. The van der Waals surface area contributed by atoms with Crippen molar-refractivity contribution in [1.29, 1.82) is 0 Å². The molecule has 1 aliphatic heterocycles. The Labute approximate surface area is 80.1 Å². The van der Waals surface area contributed by atoms with Crippen molar-refractivity contribution in [2.75, 3.05) is 26.3 Å². The second-order valence-corrected chi connectivity index (χ2v) is 4.73. The van der Waals surface area contributed by atoms with E-state index in [0.717, 1.165) is 13.1 Å². The maximum absolute atomic E-state index is 11.7. The van der Waals surface area contributed by atoms with E-state index >= 15 is 0 Å². The average Bonchev–Trinajstić information content (AvgIpc) is 2.03. The standard InChI is InChI=1S/C10H19NO2/c1-10(2,3)8-9(12)11-4-6-13-7-5-11/h4-8H2,1-3H3.